The smallest absolute Gasteiger partial charge is 0.302 e. The van der Waals surface area contributed by atoms with E-state index in [4.69, 9.17) is 94.7 Å². The summed E-state index contributed by atoms with van der Waals surface area (Å²) in [6.45, 7) is 37.6. The fourth-order valence-corrected chi connectivity index (χ4v) is 14.3. The Balaban J connectivity index is 1.20. The maximum atomic E-state index is 14.1. The van der Waals surface area contributed by atoms with Crippen molar-refractivity contribution in [3.05, 3.63) is 11.9 Å². The van der Waals surface area contributed by atoms with Gasteiger partial charge in [0.05, 0.1) is 189 Å². The molecule has 15 atom stereocenters. The maximum absolute atomic E-state index is 14.1. The van der Waals surface area contributed by atoms with Crippen molar-refractivity contribution < 1.29 is 128 Å². The second-order valence-corrected chi connectivity index (χ2v) is 32.3. The van der Waals surface area contributed by atoms with Crippen LogP contribution in [0.3, 0.4) is 0 Å². The molecule has 3 heterocycles. The van der Waals surface area contributed by atoms with Crippen LogP contribution in [-0.2, 0) is 135 Å². The number of hydrogen-bond acceptors (Lipinski definition) is 29. The topological polar surface area (TPSA) is 335 Å². The Morgan fingerprint density at radius 1 is 0.379 bits per heavy atom. The maximum Gasteiger partial charge on any atom is 0.302 e. The number of rotatable bonds is 72. The summed E-state index contributed by atoms with van der Waals surface area (Å²) in [5, 5.41) is 8.53. The monoisotopic (exact) mass is 1660 g/mol. The Morgan fingerprint density at radius 2 is 0.733 bits per heavy atom. The first-order valence-corrected chi connectivity index (χ1v) is 43.3. The van der Waals surface area contributed by atoms with Gasteiger partial charge in [0.1, 0.15) is 36.3 Å². The Bertz CT molecular complexity index is 2550. The van der Waals surface area contributed by atoms with Gasteiger partial charge in [-0.25, -0.2) is 0 Å². The predicted molar refractivity (Wildman–Crippen MR) is 430 cm³/mol. The molecule has 1 aromatic heterocycles. The van der Waals surface area contributed by atoms with E-state index in [1.165, 1.54) is 20.8 Å². The average Bonchev–Trinajstić information content (AvgIpc) is 1.07. The second-order valence-electron chi connectivity index (χ2n) is 32.3. The van der Waals surface area contributed by atoms with Gasteiger partial charge in [-0.05, 0) is 91.8 Å². The molecular formula is C86H151N3O27. The molecule has 30 heteroatoms. The van der Waals surface area contributed by atoms with Crippen molar-refractivity contribution in [3.8, 4) is 0 Å². The van der Waals surface area contributed by atoms with Gasteiger partial charge in [-0.2, -0.15) is 0 Å². The molecule has 2 saturated heterocycles. The van der Waals surface area contributed by atoms with E-state index in [1.54, 1.807) is 0 Å². The van der Waals surface area contributed by atoms with E-state index in [1.807, 2.05) is 10.9 Å². The van der Waals surface area contributed by atoms with Crippen LogP contribution < -0.4 is 0 Å². The highest BCUT2D eigenvalue weighted by atomic mass is 16.7. The van der Waals surface area contributed by atoms with Crippen LogP contribution in [0.4, 0.5) is 0 Å². The van der Waals surface area contributed by atoms with E-state index in [-0.39, 0.29) is 186 Å². The van der Waals surface area contributed by atoms with Crippen molar-refractivity contribution in [1.29, 1.82) is 0 Å². The summed E-state index contributed by atoms with van der Waals surface area (Å²) < 4.78 is 119. The molecule has 0 spiro atoms. The van der Waals surface area contributed by atoms with Crippen LogP contribution in [0, 0.1) is 64.6 Å². The minimum absolute atomic E-state index is 0.000695. The molecule has 0 radical (unpaired) electrons. The second kappa shape index (κ2) is 62.6. The molecule has 3 fully saturated rings. The number of aromatic nitrogens is 3. The minimum Gasteiger partial charge on any atom is -0.466 e. The van der Waals surface area contributed by atoms with Crippen LogP contribution in [0.1, 0.15) is 205 Å². The third-order valence-electron chi connectivity index (χ3n) is 22.8. The van der Waals surface area contributed by atoms with E-state index in [9.17, 15) is 33.6 Å². The van der Waals surface area contributed by atoms with Crippen molar-refractivity contribution in [2.75, 3.05) is 198 Å². The molecule has 4 rings (SSSR count). The summed E-state index contributed by atoms with van der Waals surface area (Å²) in [7, 11) is 0. The molecule has 1 aromatic rings. The fraction of sp³-hybridized carbons (Fsp3) is 0.895. The predicted octanol–water partition coefficient (Wildman–Crippen LogP) is 10.6. The van der Waals surface area contributed by atoms with Gasteiger partial charge in [-0.3, -0.25) is 38.2 Å². The number of unbranched alkanes of at least 4 members (excludes halogenated alkanes) is 2. The van der Waals surface area contributed by atoms with Gasteiger partial charge in [0.25, 0.3) is 0 Å². The van der Waals surface area contributed by atoms with Crippen molar-refractivity contribution in [1.82, 2.24) is 15.0 Å². The van der Waals surface area contributed by atoms with Crippen molar-refractivity contribution in [2.45, 2.75) is 237 Å². The normalized spacial score (nSPS) is 24.1. The number of hydrogen-bond donors (Lipinski definition) is 0. The molecule has 30 nitrogen and oxygen atoms in total. The summed E-state index contributed by atoms with van der Waals surface area (Å²) in [5.74, 6) is 2.22. The lowest BCUT2D eigenvalue weighted by Crippen LogP contribution is -2.48. The van der Waals surface area contributed by atoms with Crippen LogP contribution in [-0.4, -0.2) is 285 Å². The summed E-state index contributed by atoms with van der Waals surface area (Å²) >= 11 is 0. The lowest BCUT2D eigenvalue weighted by atomic mass is 9.67. The van der Waals surface area contributed by atoms with Gasteiger partial charge in [0, 0.05) is 122 Å². The Labute approximate surface area is 692 Å². The number of aryl methyl sites for hydroxylation is 1. The third-order valence-corrected chi connectivity index (χ3v) is 22.8. The molecular weight excluding hydrogens is 1510 g/mol. The molecule has 0 bridgehead atoms. The highest BCUT2D eigenvalue weighted by Gasteiger charge is 2.43. The zero-order valence-electron chi connectivity index (χ0n) is 73.2. The first-order valence-electron chi connectivity index (χ1n) is 43.3. The molecule has 3 aliphatic rings. The largest absolute Gasteiger partial charge is 0.466 e. The molecule has 0 amide bonds. The van der Waals surface area contributed by atoms with Crippen molar-refractivity contribution >= 4 is 41.0 Å². The Kier molecular flexibility index (Phi) is 56.1. The van der Waals surface area contributed by atoms with E-state index < -0.39 is 18.0 Å². The van der Waals surface area contributed by atoms with Crippen LogP contribution in [0.2, 0.25) is 0 Å². The Morgan fingerprint density at radius 3 is 1.11 bits per heavy atom. The lowest BCUT2D eigenvalue weighted by molar-refractivity contribution is -0.258. The first-order chi connectivity index (χ1) is 55.8. The molecule has 0 N–H and O–H groups in total. The number of esters is 3. The highest BCUT2D eigenvalue weighted by molar-refractivity contribution is 5.80. The standard InChI is InChI=1S/C86H151N3O27/c1-62(2)80-55-89(88-87-80)28-17-15-16-21-79(96)54-86(59-106-32-25-76(93)22-18-29-97-35-38-100-41-44-103-47-50-109-81-53-75(56-112-72(12)90)66(6)63(3)67(81)7,60-107-33-26-77(94)23-19-30-98-36-39-101-42-45-104-48-51-110-84-70(10)64(4)68(8)82(115-84)57-113-73(13)91)61-108-34-27-78(95)24-20-31-99-37-40-102-43-46-105-49-52-111-85-71(11)65(5)69(9)83(116-85)58-114-74(14)92/h55,62-71,75,81-85H,15-54,56-61H2,1-14H3. The number of ketones is 4. The van der Waals surface area contributed by atoms with Gasteiger partial charge in [0.2, 0.25) is 0 Å². The van der Waals surface area contributed by atoms with Crippen LogP contribution in [0.25, 0.3) is 0 Å². The van der Waals surface area contributed by atoms with Gasteiger partial charge in [-0.1, -0.05) is 87.8 Å². The number of carbonyl (C=O) groups is 7. The van der Waals surface area contributed by atoms with E-state index in [2.05, 4.69) is 86.5 Å². The first kappa shape index (κ1) is 104. The number of carbonyl (C=O) groups excluding carboxylic acids is 7. The summed E-state index contributed by atoms with van der Waals surface area (Å²) in [5.41, 5.74) is -0.0789. The number of nitrogens with zero attached hydrogens (tertiary/aromatic N) is 3. The molecule has 672 valence electrons. The molecule has 15 unspecified atom stereocenters. The van der Waals surface area contributed by atoms with E-state index in [0.717, 1.165) is 25.0 Å². The van der Waals surface area contributed by atoms with Gasteiger partial charge in [-0.15, -0.1) is 5.10 Å². The molecule has 116 heavy (non-hydrogen) atoms. The highest BCUT2D eigenvalue weighted by Crippen LogP contribution is 2.41. The zero-order valence-corrected chi connectivity index (χ0v) is 73.2. The minimum atomic E-state index is -1.01. The van der Waals surface area contributed by atoms with Gasteiger partial charge in [0.15, 0.2) is 12.6 Å². The SMILES string of the molecule is CC(=O)OCC1CC(OCCOCCOCCOCCCC(=O)CCOCC(COCCC(=O)CCCOCCOCCOCCOC2OC(COC(C)=O)C(C)C(C)C2C)(COCCC(=O)CCCOCCOCCOCCOC2OC(COC(C)=O)C(C)C(C)C2C)CC(=O)CCCCCn2cc(C(C)C)nn2)C(C)C(C)C1C. The summed E-state index contributed by atoms with van der Waals surface area (Å²) in [4.78, 5) is 88.0. The molecule has 1 aliphatic carbocycles. The Hall–Kier alpha value is -4.45. The number of Topliss-reactive ketones (excluding diaryl/α,β-unsaturated/α-hetero) is 4. The van der Waals surface area contributed by atoms with Crippen LogP contribution in [0.15, 0.2) is 6.20 Å². The zero-order chi connectivity index (χ0) is 84.7. The molecule has 2 aliphatic heterocycles. The summed E-state index contributed by atoms with van der Waals surface area (Å²) in [6.07, 6.45) is 7.03. The van der Waals surface area contributed by atoms with E-state index >= 15 is 0 Å². The van der Waals surface area contributed by atoms with Gasteiger partial charge >= 0.3 is 17.9 Å². The van der Waals surface area contributed by atoms with Gasteiger partial charge < -0.3 is 94.7 Å². The molecule has 0 aromatic carbocycles. The third kappa shape index (κ3) is 45.4. The average molecular weight is 1660 g/mol. The van der Waals surface area contributed by atoms with E-state index in [0.29, 0.717) is 220 Å². The number of ether oxygens (including phenoxy) is 20. The van der Waals surface area contributed by atoms with Crippen LogP contribution in [0.5, 0.6) is 0 Å². The molecule has 1 saturated carbocycles. The lowest BCUT2D eigenvalue weighted by Gasteiger charge is -2.43. The van der Waals surface area contributed by atoms with Crippen LogP contribution >= 0.6 is 0 Å². The quantitative estimate of drug-likeness (QED) is 0.0332. The van der Waals surface area contributed by atoms with Crippen molar-refractivity contribution in [3.63, 3.8) is 0 Å². The summed E-state index contributed by atoms with van der Waals surface area (Å²) in [6, 6.07) is 0. The van der Waals surface area contributed by atoms with Crippen molar-refractivity contribution in [2.24, 2.45) is 64.6 Å². The fourth-order valence-electron chi connectivity index (χ4n) is 14.3.